The van der Waals surface area contributed by atoms with Crippen molar-refractivity contribution in [3.05, 3.63) is 25.8 Å². The van der Waals surface area contributed by atoms with Gasteiger partial charge in [-0.1, -0.05) is 59.0 Å². The zero-order valence-electron chi connectivity index (χ0n) is 10.8. The van der Waals surface area contributed by atoms with Crippen molar-refractivity contribution >= 4 is 0 Å². The Morgan fingerprint density at radius 1 is 1.00 bits per heavy atom. The monoisotopic (exact) mass is 198 g/mol. The maximum absolute atomic E-state index is 3.36. The summed E-state index contributed by atoms with van der Waals surface area (Å²) in [5.74, 6) is 1.04. The van der Waals surface area contributed by atoms with Crippen molar-refractivity contribution in [2.75, 3.05) is 0 Å². The lowest BCUT2D eigenvalue weighted by atomic mass is 9.91. The molecule has 0 spiro atoms. The van der Waals surface area contributed by atoms with E-state index in [-0.39, 0.29) is 0 Å². The molecule has 86 valence electrons. The van der Waals surface area contributed by atoms with Gasteiger partial charge in [-0.05, 0) is 12.8 Å². The zero-order chi connectivity index (χ0) is 11.8. The second-order valence-electron chi connectivity index (χ2n) is 3.15. The second kappa shape index (κ2) is 22.9. The Morgan fingerprint density at radius 3 is 1.43 bits per heavy atom. The molecule has 0 saturated heterocycles. The summed E-state index contributed by atoms with van der Waals surface area (Å²) < 4.78 is 0. The van der Waals surface area contributed by atoms with Crippen LogP contribution < -0.4 is 0 Å². The number of rotatable bonds is 0. The molecule has 1 fully saturated rings. The average Bonchev–Trinajstić information content (AvgIpc) is 2.26. The van der Waals surface area contributed by atoms with Crippen LogP contribution in [0.2, 0.25) is 0 Å². The highest BCUT2D eigenvalue weighted by molar-refractivity contribution is 4.59. The van der Waals surface area contributed by atoms with E-state index in [1.807, 2.05) is 20.8 Å². The molecular formula is C14H30. The maximum atomic E-state index is 3.36. The molecule has 0 heterocycles. The summed E-state index contributed by atoms with van der Waals surface area (Å²) in [5.41, 5.74) is 0. The summed E-state index contributed by atoms with van der Waals surface area (Å²) in [6.45, 7) is 17.6. The lowest BCUT2D eigenvalue weighted by Crippen LogP contribution is -1.99. The first-order valence-electron chi connectivity index (χ1n) is 5.88. The molecule has 0 amide bonds. The van der Waals surface area contributed by atoms with Crippen LogP contribution in [-0.2, 0) is 0 Å². The predicted octanol–water partition coefficient (Wildman–Crippen LogP) is 5.61. The van der Waals surface area contributed by atoms with E-state index < -0.39 is 0 Å². The molecular weight excluding hydrogens is 168 g/mol. The fourth-order valence-corrected chi connectivity index (χ4v) is 1.31. The second-order valence-corrected chi connectivity index (χ2v) is 3.15. The Bertz CT molecular complexity index is 78.0. The molecule has 0 N–H and O–H groups in total. The first-order chi connectivity index (χ1) is 6.81. The van der Waals surface area contributed by atoms with E-state index in [2.05, 4.69) is 26.7 Å². The molecule has 1 aliphatic carbocycles. The van der Waals surface area contributed by atoms with Gasteiger partial charge in [0.2, 0.25) is 0 Å². The van der Waals surface area contributed by atoms with Crippen LogP contribution in [-0.4, -0.2) is 0 Å². The third-order valence-corrected chi connectivity index (χ3v) is 1.89. The topological polar surface area (TPSA) is 0 Å². The van der Waals surface area contributed by atoms with E-state index in [1.54, 1.807) is 6.08 Å². The summed E-state index contributed by atoms with van der Waals surface area (Å²) in [6, 6.07) is 0. The van der Waals surface area contributed by atoms with Crippen molar-refractivity contribution in [3.8, 4) is 0 Å². The molecule has 14 heavy (non-hydrogen) atoms. The molecule has 1 aliphatic rings. The first-order valence-corrected chi connectivity index (χ1v) is 5.88. The summed E-state index contributed by atoms with van der Waals surface area (Å²) in [6.07, 6.45) is 9.19. The van der Waals surface area contributed by atoms with Crippen LogP contribution in [0.4, 0.5) is 0 Å². The lowest BCUT2D eigenvalue weighted by molar-refractivity contribution is 0.385. The minimum Gasteiger partial charge on any atom is -0.106 e. The highest BCUT2D eigenvalue weighted by atomic mass is 14.1. The van der Waals surface area contributed by atoms with E-state index >= 15 is 0 Å². The van der Waals surface area contributed by atoms with Crippen molar-refractivity contribution in [2.45, 2.75) is 59.8 Å². The molecule has 0 aliphatic heterocycles. The first kappa shape index (κ1) is 19.1. The molecule has 0 bridgehead atoms. The van der Waals surface area contributed by atoms with Gasteiger partial charge in [0.05, 0.1) is 0 Å². The van der Waals surface area contributed by atoms with E-state index in [0.29, 0.717) is 0 Å². The number of hydrogen-bond acceptors (Lipinski definition) is 0. The SMILES string of the molecule is C=C.C=CC.CC.CC1CCCCC1. The van der Waals surface area contributed by atoms with Crippen molar-refractivity contribution in [2.24, 2.45) is 5.92 Å². The molecule has 0 nitrogen and oxygen atoms in total. The van der Waals surface area contributed by atoms with Crippen LogP contribution in [0.15, 0.2) is 25.8 Å². The van der Waals surface area contributed by atoms with Crippen LogP contribution in [0.3, 0.4) is 0 Å². The van der Waals surface area contributed by atoms with Gasteiger partial charge < -0.3 is 0 Å². The Morgan fingerprint density at radius 2 is 1.29 bits per heavy atom. The van der Waals surface area contributed by atoms with Crippen molar-refractivity contribution in [1.82, 2.24) is 0 Å². The van der Waals surface area contributed by atoms with Gasteiger partial charge in [-0.15, -0.1) is 19.7 Å². The van der Waals surface area contributed by atoms with Crippen molar-refractivity contribution in [3.63, 3.8) is 0 Å². The van der Waals surface area contributed by atoms with Crippen LogP contribution >= 0.6 is 0 Å². The summed E-state index contributed by atoms with van der Waals surface area (Å²) in [7, 11) is 0. The van der Waals surface area contributed by atoms with Gasteiger partial charge in [-0.25, -0.2) is 0 Å². The minimum absolute atomic E-state index is 1.04. The normalized spacial score (nSPS) is 14.3. The number of allylic oxidation sites excluding steroid dienone is 1. The fraction of sp³-hybridized carbons (Fsp3) is 0.714. The predicted molar refractivity (Wildman–Crippen MR) is 70.7 cm³/mol. The van der Waals surface area contributed by atoms with Crippen molar-refractivity contribution < 1.29 is 0 Å². The lowest BCUT2D eigenvalue weighted by Gasteiger charge is -2.15. The van der Waals surface area contributed by atoms with Crippen LogP contribution in [0, 0.1) is 5.92 Å². The minimum atomic E-state index is 1.04. The van der Waals surface area contributed by atoms with Gasteiger partial charge >= 0.3 is 0 Å². The van der Waals surface area contributed by atoms with Gasteiger partial charge in [-0.3, -0.25) is 0 Å². The zero-order valence-corrected chi connectivity index (χ0v) is 10.8. The maximum Gasteiger partial charge on any atom is -0.0443 e. The standard InChI is InChI=1S/C7H14.C3H6.C2H6.C2H4/c1-7-5-3-2-4-6-7;1-3-2;2*1-2/h7H,2-6H2,1H3;3H,1H2,2H3;1-2H3;1-2H2. The van der Waals surface area contributed by atoms with Gasteiger partial charge in [0, 0.05) is 0 Å². The molecule has 0 aromatic rings. The van der Waals surface area contributed by atoms with Crippen LogP contribution in [0.25, 0.3) is 0 Å². The fourth-order valence-electron chi connectivity index (χ4n) is 1.31. The quantitative estimate of drug-likeness (QED) is 0.444. The molecule has 1 rings (SSSR count). The third-order valence-electron chi connectivity index (χ3n) is 1.89. The Labute approximate surface area is 92.1 Å². The largest absolute Gasteiger partial charge is 0.106 e. The average molecular weight is 198 g/mol. The molecule has 0 aromatic carbocycles. The van der Waals surface area contributed by atoms with Gasteiger partial charge in [0.15, 0.2) is 0 Å². The van der Waals surface area contributed by atoms with E-state index in [4.69, 9.17) is 0 Å². The highest BCUT2D eigenvalue weighted by Gasteiger charge is 2.05. The van der Waals surface area contributed by atoms with Gasteiger partial charge in [-0.2, -0.15) is 0 Å². The third kappa shape index (κ3) is 22.5. The molecule has 0 aromatic heterocycles. The molecule has 1 saturated carbocycles. The van der Waals surface area contributed by atoms with Gasteiger partial charge in [0.1, 0.15) is 0 Å². The van der Waals surface area contributed by atoms with E-state index in [9.17, 15) is 0 Å². The Kier molecular flexibility index (Phi) is 31.2. The van der Waals surface area contributed by atoms with E-state index in [0.717, 1.165) is 5.92 Å². The highest BCUT2D eigenvalue weighted by Crippen LogP contribution is 2.21. The van der Waals surface area contributed by atoms with Crippen molar-refractivity contribution in [1.29, 1.82) is 0 Å². The Balaban J connectivity index is -0.000000148. The molecule has 0 radical (unpaired) electrons. The summed E-state index contributed by atoms with van der Waals surface area (Å²) in [5, 5.41) is 0. The molecule has 0 heteroatoms. The van der Waals surface area contributed by atoms with Crippen LogP contribution in [0.1, 0.15) is 59.8 Å². The number of hydrogen-bond donors (Lipinski definition) is 0. The summed E-state index contributed by atoms with van der Waals surface area (Å²) >= 11 is 0. The summed E-state index contributed by atoms with van der Waals surface area (Å²) in [4.78, 5) is 0. The Hall–Kier alpha value is -0.520. The van der Waals surface area contributed by atoms with Gasteiger partial charge in [0.25, 0.3) is 0 Å². The van der Waals surface area contributed by atoms with E-state index in [1.165, 1.54) is 32.1 Å². The molecule has 0 unspecified atom stereocenters. The van der Waals surface area contributed by atoms with Crippen LogP contribution in [0.5, 0.6) is 0 Å². The smallest absolute Gasteiger partial charge is 0.0443 e. The molecule has 0 atom stereocenters.